The van der Waals surface area contributed by atoms with E-state index in [1.54, 1.807) is 36.7 Å². The summed E-state index contributed by atoms with van der Waals surface area (Å²) in [7, 11) is 0. The highest BCUT2D eigenvalue weighted by molar-refractivity contribution is 7.80. The SMILES string of the molecule is C[C@H](NN(C(=O)c1ccc(C(=O)NCc2cccc(O)c2)cc1Cl)C(=S)Cc1ccncc1)C(=O)O. The second-order valence-electron chi connectivity index (χ2n) is 7.80. The van der Waals surface area contributed by atoms with Crippen LogP contribution in [0, 0.1) is 0 Å². The maximum Gasteiger partial charge on any atom is 0.322 e. The largest absolute Gasteiger partial charge is 0.508 e. The highest BCUT2D eigenvalue weighted by Crippen LogP contribution is 2.21. The molecule has 3 rings (SSSR count). The number of aromatic nitrogens is 1. The molecule has 1 atom stereocenters. The molecule has 0 unspecified atom stereocenters. The van der Waals surface area contributed by atoms with Gasteiger partial charge in [-0.15, -0.1) is 0 Å². The number of hydrogen-bond donors (Lipinski definition) is 4. The normalized spacial score (nSPS) is 11.4. The number of nitrogens with one attached hydrogen (secondary N) is 2. The fourth-order valence-corrected chi connectivity index (χ4v) is 3.71. The minimum absolute atomic E-state index is 0.00788. The number of halogens is 1. The smallest absolute Gasteiger partial charge is 0.322 e. The van der Waals surface area contributed by atoms with Crippen LogP contribution in [0.2, 0.25) is 5.02 Å². The van der Waals surface area contributed by atoms with Gasteiger partial charge < -0.3 is 15.5 Å². The van der Waals surface area contributed by atoms with E-state index in [2.05, 4.69) is 15.7 Å². The topological polar surface area (TPSA) is 132 Å². The predicted octanol–water partition coefficient (Wildman–Crippen LogP) is 3.36. The molecule has 0 saturated heterocycles. The standard InChI is InChI=1S/C25H23ClN4O5S/c1-15(25(34)35)29-30(22(36)12-16-7-9-27-10-8-16)24(33)20-6-5-18(13-21(20)26)23(32)28-14-17-3-2-4-19(31)11-17/h2-11,13,15,29,31H,12,14H2,1H3,(H,28,32)(H,34,35)/t15-/m0/s1. The lowest BCUT2D eigenvalue weighted by atomic mass is 10.1. The van der Waals surface area contributed by atoms with Crippen LogP contribution in [-0.2, 0) is 17.8 Å². The summed E-state index contributed by atoms with van der Waals surface area (Å²) >= 11 is 11.8. The monoisotopic (exact) mass is 526 g/mol. The summed E-state index contributed by atoms with van der Waals surface area (Å²) in [4.78, 5) is 41.4. The number of rotatable bonds is 9. The molecule has 3 aromatic rings. The molecule has 0 bridgehead atoms. The minimum Gasteiger partial charge on any atom is -0.508 e. The van der Waals surface area contributed by atoms with Crippen molar-refractivity contribution in [3.8, 4) is 5.75 Å². The van der Waals surface area contributed by atoms with Crippen molar-refractivity contribution in [1.29, 1.82) is 0 Å². The van der Waals surface area contributed by atoms with Crippen molar-refractivity contribution in [2.24, 2.45) is 0 Å². The summed E-state index contributed by atoms with van der Waals surface area (Å²) in [6.07, 6.45) is 3.34. The number of carbonyl (C=O) groups excluding carboxylic acids is 2. The first-order valence-electron chi connectivity index (χ1n) is 10.8. The molecule has 0 aliphatic rings. The zero-order valence-corrected chi connectivity index (χ0v) is 20.7. The molecule has 0 aliphatic heterocycles. The van der Waals surface area contributed by atoms with Crippen molar-refractivity contribution in [2.45, 2.75) is 25.9 Å². The summed E-state index contributed by atoms with van der Waals surface area (Å²) in [6, 6.07) is 13.0. The lowest BCUT2D eigenvalue weighted by Crippen LogP contribution is -2.53. The van der Waals surface area contributed by atoms with Gasteiger partial charge in [-0.25, -0.2) is 10.4 Å². The molecule has 186 valence electrons. The number of phenolic OH excluding ortho intramolecular Hbond substituents is 1. The van der Waals surface area contributed by atoms with E-state index in [1.165, 1.54) is 37.3 Å². The van der Waals surface area contributed by atoms with Gasteiger partial charge in [-0.1, -0.05) is 36.0 Å². The molecule has 9 nitrogen and oxygen atoms in total. The van der Waals surface area contributed by atoms with E-state index in [9.17, 15) is 24.6 Å². The first-order valence-corrected chi connectivity index (χ1v) is 11.5. The molecule has 0 fully saturated rings. The number of hydrazine groups is 1. The predicted molar refractivity (Wildman–Crippen MR) is 138 cm³/mol. The number of thiocarbonyl (C=S) groups is 1. The summed E-state index contributed by atoms with van der Waals surface area (Å²) in [6.45, 7) is 1.55. The van der Waals surface area contributed by atoms with Crippen LogP contribution in [0.25, 0.3) is 0 Å². The highest BCUT2D eigenvalue weighted by atomic mass is 35.5. The van der Waals surface area contributed by atoms with E-state index in [0.717, 1.165) is 10.6 Å². The molecule has 11 heteroatoms. The quantitative estimate of drug-likeness (QED) is 0.246. The van der Waals surface area contributed by atoms with Crippen molar-refractivity contribution >= 4 is 46.6 Å². The van der Waals surface area contributed by atoms with Gasteiger partial charge in [0, 0.05) is 30.9 Å². The first kappa shape index (κ1) is 26.7. The van der Waals surface area contributed by atoms with Gasteiger partial charge in [0.2, 0.25) is 0 Å². The Morgan fingerprint density at radius 3 is 2.44 bits per heavy atom. The average molecular weight is 527 g/mol. The number of hydrogen-bond acceptors (Lipinski definition) is 7. The highest BCUT2D eigenvalue weighted by Gasteiger charge is 2.26. The zero-order valence-electron chi connectivity index (χ0n) is 19.1. The maximum absolute atomic E-state index is 13.3. The molecule has 2 aromatic carbocycles. The number of aromatic hydroxyl groups is 1. The van der Waals surface area contributed by atoms with Gasteiger partial charge in [-0.2, -0.15) is 0 Å². The van der Waals surface area contributed by atoms with Crippen LogP contribution < -0.4 is 10.7 Å². The lowest BCUT2D eigenvalue weighted by molar-refractivity contribution is -0.139. The van der Waals surface area contributed by atoms with E-state index in [1.807, 2.05) is 0 Å². The first-order chi connectivity index (χ1) is 17.2. The Morgan fingerprint density at radius 1 is 1.08 bits per heavy atom. The van der Waals surface area contributed by atoms with Crippen molar-refractivity contribution in [3.05, 3.63) is 94.3 Å². The van der Waals surface area contributed by atoms with Crippen LogP contribution in [0.1, 0.15) is 38.8 Å². The van der Waals surface area contributed by atoms with Crippen LogP contribution >= 0.6 is 23.8 Å². The fraction of sp³-hybridized carbons (Fsp3) is 0.160. The van der Waals surface area contributed by atoms with Crippen LogP contribution in [0.3, 0.4) is 0 Å². The van der Waals surface area contributed by atoms with Crippen LogP contribution in [0.4, 0.5) is 0 Å². The minimum atomic E-state index is -1.18. The van der Waals surface area contributed by atoms with Crippen molar-refractivity contribution in [2.75, 3.05) is 0 Å². The summed E-state index contributed by atoms with van der Waals surface area (Å²) < 4.78 is 0. The molecule has 1 aromatic heterocycles. The number of phenols is 1. The van der Waals surface area contributed by atoms with Gasteiger partial charge in [0.05, 0.1) is 10.6 Å². The molecule has 4 N–H and O–H groups in total. The van der Waals surface area contributed by atoms with Crippen LogP contribution in [0.5, 0.6) is 5.75 Å². The second-order valence-corrected chi connectivity index (χ2v) is 8.68. The maximum atomic E-state index is 13.3. The molecular formula is C25H23ClN4O5S. The molecule has 0 spiro atoms. The Kier molecular flexibility index (Phi) is 9.07. The molecule has 1 heterocycles. The third-order valence-corrected chi connectivity index (χ3v) is 5.72. The number of pyridine rings is 1. The Morgan fingerprint density at radius 2 is 1.81 bits per heavy atom. The number of carboxylic acids is 1. The Bertz CT molecular complexity index is 1290. The van der Waals surface area contributed by atoms with Gasteiger partial charge >= 0.3 is 5.97 Å². The van der Waals surface area contributed by atoms with Gasteiger partial charge in [0.1, 0.15) is 16.8 Å². The van der Waals surface area contributed by atoms with E-state index in [4.69, 9.17) is 23.8 Å². The van der Waals surface area contributed by atoms with Gasteiger partial charge in [0.25, 0.3) is 11.8 Å². The lowest BCUT2D eigenvalue weighted by Gasteiger charge is -2.26. The number of aliphatic carboxylic acids is 1. The Balaban J connectivity index is 1.78. The van der Waals surface area contributed by atoms with Gasteiger partial charge in [-0.05, 0) is 60.5 Å². The average Bonchev–Trinajstić information content (AvgIpc) is 2.85. The third-order valence-electron chi connectivity index (χ3n) is 5.08. The summed E-state index contributed by atoms with van der Waals surface area (Å²) in [5.41, 5.74) is 4.35. The van der Waals surface area contributed by atoms with Crippen molar-refractivity contribution < 1.29 is 24.6 Å². The fourth-order valence-electron chi connectivity index (χ4n) is 3.15. The van der Waals surface area contributed by atoms with Crippen LogP contribution in [0.15, 0.2) is 67.0 Å². The van der Waals surface area contributed by atoms with Gasteiger partial charge in [-0.3, -0.25) is 19.4 Å². The third kappa shape index (κ3) is 7.08. The number of carboxylic acid groups (broad SMARTS) is 1. The van der Waals surface area contributed by atoms with Crippen molar-refractivity contribution in [3.63, 3.8) is 0 Å². The summed E-state index contributed by atoms with van der Waals surface area (Å²) in [5.74, 6) is -2.19. The summed E-state index contributed by atoms with van der Waals surface area (Å²) in [5, 5.41) is 22.6. The van der Waals surface area contributed by atoms with Gasteiger partial charge in [0.15, 0.2) is 0 Å². The molecule has 0 aliphatic carbocycles. The Hall–Kier alpha value is -3.86. The second kappa shape index (κ2) is 12.2. The number of nitrogens with zero attached hydrogens (tertiary/aromatic N) is 2. The van der Waals surface area contributed by atoms with Crippen LogP contribution in [-0.4, -0.2) is 49.0 Å². The van der Waals surface area contributed by atoms with E-state index >= 15 is 0 Å². The zero-order chi connectivity index (χ0) is 26.2. The van der Waals surface area contributed by atoms with E-state index in [0.29, 0.717) is 5.56 Å². The number of carbonyl (C=O) groups is 3. The van der Waals surface area contributed by atoms with Crippen molar-refractivity contribution in [1.82, 2.24) is 20.7 Å². The number of amides is 2. The van der Waals surface area contributed by atoms with E-state index in [-0.39, 0.29) is 39.9 Å². The van der Waals surface area contributed by atoms with E-state index < -0.39 is 23.8 Å². The molecule has 2 amide bonds. The molecule has 0 radical (unpaired) electrons. The molecular weight excluding hydrogens is 504 g/mol. The molecule has 0 saturated carbocycles. The Labute approximate surface area is 217 Å². The molecule has 36 heavy (non-hydrogen) atoms. The number of benzene rings is 2.